The van der Waals surface area contributed by atoms with E-state index in [1.54, 1.807) is 7.16 Å². The summed E-state index contributed by atoms with van der Waals surface area (Å²) in [6, 6.07) is 27.2. The van der Waals surface area contributed by atoms with Crippen LogP contribution in [0.5, 0.6) is 0 Å². The van der Waals surface area contributed by atoms with E-state index in [-0.39, 0.29) is 0 Å². The van der Waals surface area contributed by atoms with Crippen molar-refractivity contribution in [1.82, 2.24) is 0 Å². The van der Waals surface area contributed by atoms with E-state index in [1.165, 1.54) is 32.7 Å². The van der Waals surface area contributed by atoms with Crippen molar-refractivity contribution >= 4 is 59.2 Å². The predicted octanol–water partition coefficient (Wildman–Crippen LogP) is 5.30. The Labute approximate surface area is 152 Å². The Hall–Kier alpha value is -2.06. The number of fused-ring (bicyclic) bond motifs is 4. The Morgan fingerprint density at radius 2 is 0.880 bits per heavy atom. The molecule has 1 aliphatic rings. The van der Waals surface area contributed by atoms with Gasteiger partial charge in [0.2, 0.25) is 0 Å². The van der Waals surface area contributed by atoms with Crippen LogP contribution in [0.2, 0.25) is 9.88 Å². The first kappa shape index (κ1) is 15.2. The fraction of sp³-hybridized carbons (Fsp3) is 0.0833. The van der Waals surface area contributed by atoms with E-state index < -0.39 is 18.4 Å². The van der Waals surface area contributed by atoms with Crippen LogP contribution < -0.4 is 7.16 Å². The average Bonchev–Trinajstić information content (AvgIpc) is 2.73. The van der Waals surface area contributed by atoms with Crippen molar-refractivity contribution in [3.63, 3.8) is 0 Å². The van der Waals surface area contributed by atoms with Crippen molar-refractivity contribution in [2.45, 2.75) is 9.88 Å². The molecule has 0 aromatic heterocycles. The third-order valence-electron chi connectivity index (χ3n) is 5.62. The molecule has 0 saturated heterocycles. The zero-order valence-electron chi connectivity index (χ0n) is 14.6. The topological polar surface area (TPSA) is 0 Å². The molecule has 0 radical (unpaired) electrons. The van der Waals surface area contributed by atoms with Crippen LogP contribution in [-0.4, -0.2) is 18.4 Å². The van der Waals surface area contributed by atoms with Gasteiger partial charge in [0.15, 0.2) is 0 Å². The molecule has 0 atom stereocenters. The standard InChI is InChI=1S/C22H14.2CH3.Sn/c1-3-7-21-15-17(11-13-19(21)5-1)9-10-18-12-14-20-6-2-4-8-22(20)16-18;;;/h1-10,13-16H;2*1H3;. The minimum absolute atomic E-state index is 1.34. The summed E-state index contributed by atoms with van der Waals surface area (Å²) in [7, 11) is 0. The van der Waals surface area contributed by atoms with Gasteiger partial charge < -0.3 is 0 Å². The molecule has 1 aliphatic heterocycles. The second-order valence-corrected chi connectivity index (χ2v) is 19.9. The molecule has 0 aliphatic carbocycles. The zero-order valence-corrected chi connectivity index (χ0v) is 17.4. The summed E-state index contributed by atoms with van der Waals surface area (Å²) < 4.78 is 3.22. The van der Waals surface area contributed by atoms with Gasteiger partial charge >= 0.3 is 153 Å². The van der Waals surface area contributed by atoms with Crippen molar-refractivity contribution in [2.75, 3.05) is 0 Å². The first-order chi connectivity index (χ1) is 12.1. The van der Waals surface area contributed by atoms with Crippen molar-refractivity contribution in [1.29, 1.82) is 0 Å². The van der Waals surface area contributed by atoms with Crippen LogP contribution in [0.25, 0.3) is 33.7 Å². The average molecular weight is 427 g/mol. The summed E-state index contributed by atoms with van der Waals surface area (Å²) in [6.45, 7) is 0. The SMILES string of the molecule is [CH3][Sn]1([CH3])[c]2cc3ccccc3cc2C=Cc2cc3ccccc3c[c]21. The summed E-state index contributed by atoms with van der Waals surface area (Å²) >= 11 is -2.67. The van der Waals surface area contributed by atoms with E-state index in [0.29, 0.717) is 0 Å². The Kier molecular flexibility index (Phi) is 3.33. The van der Waals surface area contributed by atoms with Gasteiger partial charge in [0, 0.05) is 0 Å². The summed E-state index contributed by atoms with van der Waals surface area (Å²) in [5, 5.41) is 5.40. The van der Waals surface area contributed by atoms with Crippen molar-refractivity contribution in [3.8, 4) is 0 Å². The summed E-state index contributed by atoms with van der Waals surface area (Å²) in [5.41, 5.74) is 2.83. The minimum atomic E-state index is -2.67. The maximum atomic E-state index is 2.56. The quantitative estimate of drug-likeness (QED) is 0.335. The molecule has 1 heteroatoms. The van der Waals surface area contributed by atoms with E-state index in [4.69, 9.17) is 0 Å². The van der Waals surface area contributed by atoms with Gasteiger partial charge in [-0.15, -0.1) is 0 Å². The molecule has 0 saturated carbocycles. The second kappa shape index (κ2) is 5.47. The number of rotatable bonds is 0. The second-order valence-electron chi connectivity index (χ2n) is 7.53. The molecule has 0 nitrogen and oxygen atoms in total. The van der Waals surface area contributed by atoms with E-state index in [9.17, 15) is 0 Å². The van der Waals surface area contributed by atoms with Gasteiger partial charge in [0.25, 0.3) is 0 Å². The Bertz CT molecular complexity index is 1070. The number of hydrogen-bond acceptors (Lipinski definition) is 0. The number of benzene rings is 4. The molecular formula is C24H20Sn. The van der Waals surface area contributed by atoms with Crippen LogP contribution in [-0.2, 0) is 0 Å². The molecule has 5 rings (SSSR count). The summed E-state index contributed by atoms with van der Waals surface area (Å²) in [5.74, 6) is 0. The predicted molar refractivity (Wildman–Crippen MR) is 114 cm³/mol. The van der Waals surface area contributed by atoms with Crippen LogP contribution in [0.1, 0.15) is 11.1 Å². The van der Waals surface area contributed by atoms with Crippen molar-refractivity contribution in [3.05, 3.63) is 83.9 Å². The van der Waals surface area contributed by atoms with Crippen molar-refractivity contribution < 1.29 is 0 Å². The van der Waals surface area contributed by atoms with Gasteiger partial charge in [-0.05, 0) is 0 Å². The molecular weight excluding hydrogens is 407 g/mol. The van der Waals surface area contributed by atoms with Gasteiger partial charge in [-0.3, -0.25) is 0 Å². The van der Waals surface area contributed by atoms with Crippen LogP contribution in [0.3, 0.4) is 0 Å². The maximum absolute atomic E-state index is 2.67. The third kappa shape index (κ3) is 2.35. The normalized spacial score (nSPS) is 15.0. The summed E-state index contributed by atoms with van der Waals surface area (Å²) in [4.78, 5) is 5.12. The summed E-state index contributed by atoms with van der Waals surface area (Å²) in [6.07, 6.45) is 4.67. The van der Waals surface area contributed by atoms with Crippen LogP contribution in [0.4, 0.5) is 0 Å². The Balaban J connectivity index is 1.85. The van der Waals surface area contributed by atoms with E-state index in [2.05, 4.69) is 94.8 Å². The molecule has 0 unspecified atom stereocenters. The van der Waals surface area contributed by atoms with Gasteiger partial charge in [-0.1, -0.05) is 0 Å². The molecule has 4 aromatic carbocycles. The van der Waals surface area contributed by atoms with Crippen molar-refractivity contribution in [2.24, 2.45) is 0 Å². The molecule has 25 heavy (non-hydrogen) atoms. The molecule has 4 aromatic rings. The molecule has 0 N–H and O–H groups in total. The number of hydrogen-bond donors (Lipinski definition) is 0. The van der Waals surface area contributed by atoms with Crippen LogP contribution in [0, 0.1) is 0 Å². The molecule has 0 bridgehead atoms. The Morgan fingerprint density at radius 3 is 1.28 bits per heavy atom. The monoisotopic (exact) mass is 428 g/mol. The molecule has 120 valence electrons. The van der Waals surface area contributed by atoms with Crippen LogP contribution in [0.15, 0.2) is 72.8 Å². The van der Waals surface area contributed by atoms with E-state index in [1.807, 2.05) is 0 Å². The first-order valence-electron chi connectivity index (χ1n) is 8.87. The van der Waals surface area contributed by atoms with Gasteiger partial charge in [0.1, 0.15) is 0 Å². The van der Waals surface area contributed by atoms with Gasteiger partial charge in [-0.2, -0.15) is 0 Å². The molecule has 0 spiro atoms. The molecule has 1 heterocycles. The first-order valence-corrected chi connectivity index (χ1v) is 17.4. The van der Waals surface area contributed by atoms with E-state index >= 15 is 0 Å². The van der Waals surface area contributed by atoms with Crippen LogP contribution >= 0.6 is 0 Å². The van der Waals surface area contributed by atoms with E-state index in [0.717, 1.165) is 0 Å². The fourth-order valence-corrected chi connectivity index (χ4v) is 13.0. The van der Waals surface area contributed by atoms with Gasteiger partial charge in [-0.25, -0.2) is 0 Å². The van der Waals surface area contributed by atoms with Gasteiger partial charge in [0.05, 0.1) is 0 Å². The molecule has 0 amide bonds. The Morgan fingerprint density at radius 1 is 0.520 bits per heavy atom. The third-order valence-corrected chi connectivity index (χ3v) is 15.8. The molecule has 0 fully saturated rings. The zero-order chi connectivity index (χ0) is 17.0. The fourth-order valence-electron chi connectivity index (χ4n) is 4.20.